The number of carboxylic acids is 1. The van der Waals surface area contributed by atoms with Crippen LogP contribution in [0.15, 0.2) is 71.6 Å². The Labute approximate surface area is 213 Å². The lowest BCUT2D eigenvalue weighted by atomic mass is 9.92. The van der Waals surface area contributed by atoms with Crippen LogP contribution in [-0.2, 0) is 33.8 Å². The minimum absolute atomic E-state index is 0.0692. The Balaban J connectivity index is 1.64. The molecule has 194 valence electrons. The zero-order valence-corrected chi connectivity index (χ0v) is 21.0. The maximum atomic E-state index is 14.1. The van der Waals surface area contributed by atoms with Crippen molar-refractivity contribution in [3.8, 4) is 11.1 Å². The van der Waals surface area contributed by atoms with Crippen molar-refractivity contribution in [1.29, 1.82) is 0 Å². The number of benzene rings is 3. The Bertz CT molecular complexity index is 1480. The van der Waals surface area contributed by atoms with E-state index in [1.165, 1.54) is 12.1 Å². The van der Waals surface area contributed by atoms with Gasteiger partial charge in [-0.25, -0.2) is 17.9 Å². The molecule has 0 heterocycles. The SMILES string of the molecule is CC(C)c1ccccc1-c1ccc(S(=O)(=O)NC2Cc3ccc(/C=C/C(=O)O)cc3C2)c(C(F)(F)F)c1. The third kappa shape index (κ3) is 5.94. The summed E-state index contributed by atoms with van der Waals surface area (Å²) in [7, 11) is -4.49. The fraction of sp³-hybridized carbons (Fsp3) is 0.250. The Morgan fingerprint density at radius 1 is 1.03 bits per heavy atom. The van der Waals surface area contributed by atoms with E-state index < -0.39 is 38.7 Å². The Kier molecular flexibility index (Phi) is 7.30. The van der Waals surface area contributed by atoms with E-state index in [4.69, 9.17) is 5.11 Å². The van der Waals surface area contributed by atoms with Crippen LogP contribution in [0.3, 0.4) is 0 Å². The first-order valence-corrected chi connectivity index (χ1v) is 13.2. The lowest BCUT2D eigenvalue weighted by Gasteiger charge is -2.19. The van der Waals surface area contributed by atoms with Crippen molar-refractivity contribution in [3.05, 3.63) is 94.6 Å². The highest BCUT2D eigenvalue weighted by atomic mass is 32.2. The first-order valence-electron chi connectivity index (χ1n) is 11.7. The highest BCUT2D eigenvalue weighted by Crippen LogP contribution is 2.39. The number of nitrogens with one attached hydrogen (secondary N) is 1. The number of hydrogen-bond donors (Lipinski definition) is 2. The van der Waals surface area contributed by atoms with Crippen molar-refractivity contribution in [1.82, 2.24) is 4.72 Å². The van der Waals surface area contributed by atoms with E-state index in [1.54, 1.807) is 30.3 Å². The molecule has 1 aliphatic carbocycles. The van der Waals surface area contributed by atoms with Crippen LogP contribution in [0, 0.1) is 0 Å². The molecule has 2 N–H and O–H groups in total. The van der Waals surface area contributed by atoms with Crippen LogP contribution in [0.4, 0.5) is 13.2 Å². The molecule has 0 aliphatic heterocycles. The first kappa shape index (κ1) is 26.6. The third-order valence-electron chi connectivity index (χ3n) is 6.37. The smallest absolute Gasteiger partial charge is 0.417 e. The zero-order valence-electron chi connectivity index (χ0n) is 20.2. The molecule has 0 bridgehead atoms. The molecule has 1 unspecified atom stereocenters. The average molecular weight is 530 g/mol. The highest BCUT2D eigenvalue weighted by molar-refractivity contribution is 7.89. The molecule has 37 heavy (non-hydrogen) atoms. The molecular weight excluding hydrogens is 503 g/mol. The molecule has 9 heteroatoms. The number of halogens is 3. The fourth-order valence-corrected chi connectivity index (χ4v) is 6.14. The van der Waals surface area contributed by atoms with Crippen molar-refractivity contribution in [2.75, 3.05) is 0 Å². The van der Waals surface area contributed by atoms with Crippen LogP contribution in [0.1, 0.15) is 47.6 Å². The molecule has 0 spiro atoms. The summed E-state index contributed by atoms with van der Waals surface area (Å²) in [6.45, 7) is 3.88. The van der Waals surface area contributed by atoms with Gasteiger partial charge in [0.25, 0.3) is 0 Å². The molecule has 0 radical (unpaired) electrons. The van der Waals surface area contributed by atoms with Crippen LogP contribution in [0.25, 0.3) is 17.2 Å². The summed E-state index contributed by atoms with van der Waals surface area (Å²) in [5, 5.41) is 8.80. The zero-order chi connectivity index (χ0) is 27.0. The second-order valence-electron chi connectivity index (χ2n) is 9.38. The number of carbonyl (C=O) groups is 1. The van der Waals surface area contributed by atoms with Gasteiger partial charge in [0.1, 0.15) is 0 Å². The third-order valence-corrected chi connectivity index (χ3v) is 7.95. The van der Waals surface area contributed by atoms with Crippen molar-refractivity contribution in [2.45, 2.75) is 49.7 Å². The van der Waals surface area contributed by atoms with Gasteiger partial charge in [0.15, 0.2) is 0 Å². The summed E-state index contributed by atoms with van der Waals surface area (Å²) in [6, 6.07) is 15.1. The number of hydrogen-bond acceptors (Lipinski definition) is 3. The fourth-order valence-electron chi connectivity index (χ4n) is 4.69. The summed E-state index contributed by atoms with van der Waals surface area (Å²) < 4.78 is 71.1. The van der Waals surface area contributed by atoms with Crippen molar-refractivity contribution in [2.24, 2.45) is 0 Å². The molecule has 3 aromatic carbocycles. The van der Waals surface area contributed by atoms with Crippen molar-refractivity contribution in [3.63, 3.8) is 0 Å². The van der Waals surface area contributed by atoms with Gasteiger partial charge in [0.2, 0.25) is 10.0 Å². The number of carboxylic acid groups (broad SMARTS) is 1. The maximum absolute atomic E-state index is 14.1. The summed E-state index contributed by atoms with van der Waals surface area (Å²) in [5.74, 6) is -1.02. The van der Waals surface area contributed by atoms with Gasteiger partial charge in [0, 0.05) is 12.1 Å². The first-order chi connectivity index (χ1) is 17.3. The Morgan fingerprint density at radius 3 is 2.41 bits per heavy atom. The summed E-state index contributed by atoms with van der Waals surface area (Å²) in [6.07, 6.45) is -1.85. The van der Waals surface area contributed by atoms with E-state index in [0.29, 0.717) is 23.1 Å². The monoisotopic (exact) mass is 529 g/mol. The van der Waals surface area contributed by atoms with Gasteiger partial charge in [0.05, 0.1) is 10.5 Å². The second-order valence-corrected chi connectivity index (χ2v) is 11.1. The molecule has 4 rings (SSSR count). The summed E-state index contributed by atoms with van der Waals surface area (Å²) in [5.41, 5.74) is 2.89. The van der Waals surface area contributed by atoms with Crippen LogP contribution in [0.5, 0.6) is 0 Å². The Morgan fingerprint density at radius 2 is 1.73 bits per heavy atom. The highest BCUT2D eigenvalue weighted by Gasteiger charge is 2.38. The topological polar surface area (TPSA) is 83.5 Å². The largest absolute Gasteiger partial charge is 0.478 e. The minimum Gasteiger partial charge on any atom is -0.478 e. The minimum atomic E-state index is -4.88. The van der Waals surface area contributed by atoms with Gasteiger partial charge in [-0.3, -0.25) is 0 Å². The van der Waals surface area contributed by atoms with Gasteiger partial charge < -0.3 is 5.11 Å². The van der Waals surface area contributed by atoms with Crippen LogP contribution >= 0.6 is 0 Å². The molecule has 5 nitrogen and oxygen atoms in total. The van der Waals surface area contributed by atoms with E-state index in [-0.39, 0.29) is 12.3 Å². The normalized spacial score (nSPS) is 15.9. The molecule has 1 atom stereocenters. The molecule has 0 saturated carbocycles. The van der Waals surface area contributed by atoms with Gasteiger partial charge >= 0.3 is 12.1 Å². The van der Waals surface area contributed by atoms with Crippen LogP contribution in [0.2, 0.25) is 0 Å². The number of fused-ring (bicyclic) bond motifs is 1. The van der Waals surface area contributed by atoms with Crippen LogP contribution < -0.4 is 4.72 Å². The second kappa shape index (κ2) is 10.1. The van der Waals surface area contributed by atoms with Crippen molar-refractivity contribution < 1.29 is 31.5 Å². The molecule has 0 amide bonds. The van der Waals surface area contributed by atoms with Gasteiger partial charge in [-0.2, -0.15) is 13.2 Å². The predicted octanol–water partition coefficient (Wildman–Crippen LogP) is 6.04. The van der Waals surface area contributed by atoms with Crippen molar-refractivity contribution >= 4 is 22.1 Å². The van der Waals surface area contributed by atoms with Gasteiger partial charge in [-0.1, -0.05) is 62.4 Å². The molecule has 1 aliphatic rings. The van der Waals surface area contributed by atoms with Gasteiger partial charge in [-0.05, 0) is 70.3 Å². The average Bonchev–Trinajstić information content (AvgIpc) is 3.22. The Hall–Kier alpha value is -3.43. The molecule has 0 saturated heterocycles. The number of rotatable bonds is 7. The van der Waals surface area contributed by atoms with E-state index >= 15 is 0 Å². The molecule has 0 fully saturated rings. The summed E-state index contributed by atoms with van der Waals surface area (Å²) >= 11 is 0. The number of sulfonamides is 1. The maximum Gasteiger partial charge on any atom is 0.417 e. The van der Waals surface area contributed by atoms with Crippen LogP contribution in [-0.4, -0.2) is 25.5 Å². The van der Waals surface area contributed by atoms with E-state index in [9.17, 15) is 26.4 Å². The van der Waals surface area contributed by atoms with E-state index in [2.05, 4.69) is 4.72 Å². The summed E-state index contributed by atoms with van der Waals surface area (Å²) in [4.78, 5) is 9.94. The molecule has 0 aromatic heterocycles. The van der Waals surface area contributed by atoms with E-state index in [0.717, 1.165) is 34.9 Å². The van der Waals surface area contributed by atoms with E-state index in [1.807, 2.05) is 26.0 Å². The molecular formula is C28H26F3NO4S. The lowest BCUT2D eigenvalue weighted by Crippen LogP contribution is -2.36. The lowest BCUT2D eigenvalue weighted by molar-refractivity contribution is -0.139. The number of aliphatic carboxylic acids is 1. The molecule has 3 aromatic rings. The van der Waals surface area contributed by atoms with Gasteiger partial charge in [-0.15, -0.1) is 0 Å². The predicted molar refractivity (Wildman–Crippen MR) is 136 cm³/mol. The standard InChI is InChI=1S/C28H26F3NO4S/c1-17(2)23-5-3-4-6-24(23)20-10-11-26(25(16-20)28(29,30)31)37(35,36)32-22-14-19-9-7-18(8-12-27(33)34)13-21(19)15-22/h3-13,16-17,22,32H,14-15H2,1-2H3,(H,33,34)/b12-8+. The quantitative estimate of drug-likeness (QED) is 0.366. The number of alkyl halides is 3.